The van der Waals surface area contributed by atoms with Crippen LogP contribution in [0.3, 0.4) is 0 Å². The second-order valence-electron chi connectivity index (χ2n) is 4.96. The maximum atomic E-state index is 10.8. The van der Waals surface area contributed by atoms with Gasteiger partial charge in [0.05, 0.1) is 0 Å². The molecule has 0 atom stereocenters. The van der Waals surface area contributed by atoms with E-state index in [1.54, 1.807) is 0 Å². The van der Waals surface area contributed by atoms with Gasteiger partial charge in [0.25, 0.3) is 0 Å². The summed E-state index contributed by atoms with van der Waals surface area (Å²) < 4.78 is 0. The minimum atomic E-state index is -0.221. The van der Waals surface area contributed by atoms with Gasteiger partial charge in [-0.1, -0.05) is 23.7 Å². The Bertz CT molecular complexity index is 430. The molecule has 4 nitrogen and oxygen atoms in total. The molecule has 1 fully saturated rings. The van der Waals surface area contributed by atoms with Gasteiger partial charge in [-0.25, -0.2) is 0 Å². The summed E-state index contributed by atoms with van der Waals surface area (Å²) in [7, 11) is 0. The highest BCUT2D eigenvalue weighted by atomic mass is 35.5. The summed E-state index contributed by atoms with van der Waals surface area (Å²) in [5.41, 5.74) is 6.41. The minimum Gasteiger partial charge on any atom is -0.370 e. The molecular formula is C14H20ClN3O. The van der Waals surface area contributed by atoms with E-state index >= 15 is 0 Å². The Morgan fingerprint density at radius 3 is 2.53 bits per heavy atom. The van der Waals surface area contributed by atoms with E-state index in [9.17, 15) is 4.79 Å². The number of nitrogens with zero attached hydrogens (tertiary/aromatic N) is 2. The first-order valence-electron chi connectivity index (χ1n) is 6.61. The van der Waals surface area contributed by atoms with E-state index in [2.05, 4.69) is 15.9 Å². The Hall–Kier alpha value is -1.10. The van der Waals surface area contributed by atoms with E-state index in [4.69, 9.17) is 17.3 Å². The van der Waals surface area contributed by atoms with Crippen molar-refractivity contribution in [1.29, 1.82) is 0 Å². The molecule has 0 bridgehead atoms. The number of benzene rings is 1. The van der Waals surface area contributed by atoms with Crippen molar-refractivity contribution in [2.24, 2.45) is 5.73 Å². The number of carbonyl (C=O) groups excluding carboxylic acids is 1. The van der Waals surface area contributed by atoms with E-state index in [0.29, 0.717) is 6.42 Å². The molecule has 1 aliphatic rings. The number of hydrogen-bond donors (Lipinski definition) is 1. The van der Waals surface area contributed by atoms with Gasteiger partial charge < -0.3 is 10.6 Å². The first kappa shape index (κ1) is 14.3. The lowest BCUT2D eigenvalue weighted by atomic mass is 10.2. The van der Waals surface area contributed by atoms with Gasteiger partial charge >= 0.3 is 0 Å². The molecule has 2 N–H and O–H groups in total. The number of piperazine rings is 1. The molecule has 1 aromatic carbocycles. The molecule has 1 aromatic rings. The van der Waals surface area contributed by atoms with Gasteiger partial charge in [-0.2, -0.15) is 0 Å². The van der Waals surface area contributed by atoms with Gasteiger partial charge in [-0.15, -0.1) is 0 Å². The molecule has 1 aliphatic heterocycles. The van der Waals surface area contributed by atoms with Crippen LogP contribution in [-0.2, 0) is 11.3 Å². The van der Waals surface area contributed by atoms with E-state index in [0.717, 1.165) is 44.3 Å². The van der Waals surface area contributed by atoms with Crippen molar-refractivity contribution in [1.82, 2.24) is 9.80 Å². The summed E-state index contributed by atoms with van der Waals surface area (Å²) in [6, 6.07) is 8.00. The lowest BCUT2D eigenvalue weighted by Gasteiger charge is -2.34. The second kappa shape index (κ2) is 6.89. The third-order valence-electron chi connectivity index (χ3n) is 3.43. The van der Waals surface area contributed by atoms with Gasteiger partial charge in [-0.3, -0.25) is 9.69 Å². The highest BCUT2D eigenvalue weighted by Gasteiger charge is 2.17. The number of halogens is 1. The average Bonchev–Trinajstić information content (AvgIpc) is 2.38. The molecule has 2 rings (SSSR count). The molecule has 0 radical (unpaired) electrons. The van der Waals surface area contributed by atoms with Gasteiger partial charge in [-0.05, 0) is 17.7 Å². The normalized spacial score (nSPS) is 17.5. The molecule has 19 heavy (non-hydrogen) atoms. The minimum absolute atomic E-state index is 0.221. The Labute approximate surface area is 119 Å². The number of hydrogen-bond acceptors (Lipinski definition) is 3. The monoisotopic (exact) mass is 281 g/mol. The van der Waals surface area contributed by atoms with Gasteiger partial charge in [0.1, 0.15) is 0 Å². The SMILES string of the molecule is NC(=O)CCN1CCN(Cc2cccc(Cl)c2)CC1. The quantitative estimate of drug-likeness (QED) is 0.886. The smallest absolute Gasteiger partial charge is 0.218 e. The van der Waals surface area contributed by atoms with Crippen molar-refractivity contribution >= 4 is 17.5 Å². The number of primary amides is 1. The van der Waals surface area contributed by atoms with Crippen LogP contribution in [0.15, 0.2) is 24.3 Å². The number of rotatable bonds is 5. The third-order valence-corrected chi connectivity index (χ3v) is 3.67. The van der Waals surface area contributed by atoms with Gasteiger partial charge in [0.15, 0.2) is 0 Å². The van der Waals surface area contributed by atoms with Crippen LogP contribution in [0.25, 0.3) is 0 Å². The number of amides is 1. The average molecular weight is 282 g/mol. The zero-order valence-corrected chi connectivity index (χ0v) is 11.8. The Morgan fingerprint density at radius 1 is 1.21 bits per heavy atom. The van der Waals surface area contributed by atoms with Gasteiger partial charge in [0, 0.05) is 50.7 Å². The topological polar surface area (TPSA) is 49.6 Å². The van der Waals surface area contributed by atoms with Crippen molar-refractivity contribution in [3.05, 3.63) is 34.9 Å². The lowest BCUT2D eigenvalue weighted by Crippen LogP contribution is -2.46. The standard InChI is InChI=1S/C14H20ClN3O/c15-13-3-1-2-12(10-13)11-18-8-6-17(7-9-18)5-4-14(16)19/h1-3,10H,4-9,11H2,(H2,16,19). The largest absolute Gasteiger partial charge is 0.370 e. The second-order valence-corrected chi connectivity index (χ2v) is 5.40. The van der Waals surface area contributed by atoms with Crippen molar-refractivity contribution in [2.75, 3.05) is 32.7 Å². The molecule has 0 aromatic heterocycles. The van der Waals surface area contributed by atoms with Crippen molar-refractivity contribution in [3.63, 3.8) is 0 Å². The molecule has 0 aliphatic carbocycles. The summed E-state index contributed by atoms with van der Waals surface area (Å²) in [6.07, 6.45) is 0.453. The molecule has 0 unspecified atom stereocenters. The van der Waals surface area contributed by atoms with Gasteiger partial charge in [0.2, 0.25) is 5.91 Å². The highest BCUT2D eigenvalue weighted by molar-refractivity contribution is 6.30. The van der Waals surface area contributed by atoms with Crippen LogP contribution >= 0.6 is 11.6 Å². The predicted molar refractivity (Wildman–Crippen MR) is 77.0 cm³/mol. The third kappa shape index (κ3) is 4.82. The molecular weight excluding hydrogens is 262 g/mol. The highest BCUT2D eigenvalue weighted by Crippen LogP contribution is 2.13. The summed E-state index contributed by atoms with van der Waals surface area (Å²) >= 11 is 5.99. The van der Waals surface area contributed by atoms with E-state index in [-0.39, 0.29) is 5.91 Å². The summed E-state index contributed by atoms with van der Waals surface area (Å²) in [5, 5.41) is 0.789. The zero-order chi connectivity index (χ0) is 13.7. The Balaban J connectivity index is 1.75. The number of nitrogens with two attached hydrogens (primary N) is 1. The fourth-order valence-electron chi connectivity index (χ4n) is 2.33. The Morgan fingerprint density at radius 2 is 1.89 bits per heavy atom. The zero-order valence-electron chi connectivity index (χ0n) is 11.0. The Kier molecular flexibility index (Phi) is 5.19. The fourth-order valence-corrected chi connectivity index (χ4v) is 2.55. The van der Waals surface area contributed by atoms with E-state index in [1.807, 2.05) is 18.2 Å². The summed E-state index contributed by atoms with van der Waals surface area (Å²) in [4.78, 5) is 15.5. The molecule has 1 saturated heterocycles. The molecule has 1 heterocycles. The van der Waals surface area contributed by atoms with Crippen molar-refractivity contribution < 1.29 is 4.79 Å². The van der Waals surface area contributed by atoms with Crippen LogP contribution < -0.4 is 5.73 Å². The first-order chi connectivity index (χ1) is 9.13. The molecule has 104 valence electrons. The first-order valence-corrected chi connectivity index (χ1v) is 6.99. The van der Waals surface area contributed by atoms with Crippen LogP contribution in [0.2, 0.25) is 5.02 Å². The van der Waals surface area contributed by atoms with Crippen LogP contribution in [0.1, 0.15) is 12.0 Å². The lowest BCUT2D eigenvalue weighted by molar-refractivity contribution is -0.118. The number of carbonyl (C=O) groups is 1. The molecule has 0 saturated carbocycles. The maximum Gasteiger partial charge on any atom is 0.218 e. The molecule has 5 heteroatoms. The van der Waals surface area contributed by atoms with Crippen LogP contribution in [0, 0.1) is 0 Å². The molecule has 0 spiro atoms. The maximum absolute atomic E-state index is 10.8. The summed E-state index contributed by atoms with van der Waals surface area (Å²) in [5.74, 6) is -0.221. The van der Waals surface area contributed by atoms with Crippen LogP contribution in [0.5, 0.6) is 0 Å². The molecule has 1 amide bonds. The van der Waals surface area contributed by atoms with E-state index < -0.39 is 0 Å². The summed E-state index contributed by atoms with van der Waals surface area (Å²) in [6.45, 7) is 5.74. The van der Waals surface area contributed by atoms with Crippen molar-refractivity contribution in [3.8, 4) is 0 Å². The van der Waals surface area contributed by atoms with Crippen LogP contribution in [0.4, 0.5) is 0 Å². The predicted octanol–water partition coefficient (Wildman–Crippen LogP) is 1.33. The van der Waals surface area contributed by atoms with E-state index in [1.165, 1.54) is 5.56 Å². The van der Waals surface area contributed by atoms with Crippen LogP contribution in [-0.4, -0.2) is 48.4 Å². The fraction of sp³-hybridized carbons (Fsp3) is 0.500. The van der Waals surface area contributed by atoms with Crippen molar-refractivity contribution in [2.45, 2.75) is 13.0 Å².